The van der Waals surface area contributed by atoms with E-state index in [9.17, 15) is 4.79 Å². The van der Waals surface area contributed by atoms with Gasteiger partial charge in [-0.1, -0.05) is 18.3 Å². The van der Waals surface area contributed by atoms with Crippen molar-refractivity contribution in [2.45, 2.75) is 0 Å². The molecule has 1 aromatic rings. The number of hydrogen-bond acceptors (Lipinski definition) is 3. The maximum Gasteiger partial charge on any atom is 0.316 e. The van der Waals surface area contributed by atoms with E-state index >= 15 is 0 Å². The van der Waals surface area contributed by atoms with Gasteiger partial charge >= 0.3 is 6.03 Å². The van der Waals surface area contributed by atoms with E-state index in [1.165, 1.54) is 7.11 Å². The van der Waals surface area contributed by atoms with Crippen LogP contribution in [0, 0.1) is 0 Å². The van der Waals surface area contributed by atoms with Crippen LogP contribution in [0.3, 0.4) is 0 Å². The number of amides is 2. The predicted molar refractivity (Wildman–Crippen MR) is 62.1 cm³/mol. The van der Waals surface area contributed by atoms with Gasteiger partial charge in [0.15, 0.2) is 0 Å². The summed E-state index contributed by atoms with van der Waals surface area (Å²) in [7, 11) is 1.48. The Kier molecular flexibility index (Phi) is 3.46. The molecular formula is C9H11N3O2S. The van der Waals surface area contributed by atoms with E-state index in [-0.39, 0.29) is 4.99 Å². The number of hydrogen-bond donors (Lipinski definition) is 3. The zero-order chi connectivity index (χ0) is 11.4. The summed E-state index contributed by atoms with van der Waals surface area (Å²) in [6.07, 6.45) is 0. The first-order valence-electron chi connectivity index (χ1n) is 4.09. The Hall–Kier alpha value is -1.82. The monoisotopic (exact) mass is 225 g/mol. The average molecular weight is 225 g/mol. The number of methoxy groups -OCH3 is 1. The highest BCUT2D eigenvalue weighted by atomic mass is 32.1. The van der Waals surface area contributed by atoms with E-state index in [2.05, 4.69) is 5.32 Å². The summed E-state index contributed by atoms with van der Waals surface area (Å²) in [4.78, 5) is 10.9. The van der Waals surface area contributed by atoms with Crippen molar-refractivity contribution in [1.82, 2.24) is 0 Å². The lowest BCUT2D eigenvalue weighted by Gasteiger charge is -2.12. The molecule has 5 nitrogen and oxygen atoms in total. The zero-order valence-corrected chi connectivity index (χ0v) is 8.93. The van der Waals surface area contributed by atoms with Crippen LogP contribution in [0.4, 0.5) is 10.5 Å². The summed E-state index contributed by atoms with van der Waals surface area (Å²) < 4.78 is 5.05. The summed E-state index contributed by atoms with van der Waals surface area (Å²) in [6.45, 7) is 0. The Balaban J connectivity index is 3.26. The van der Waals surface area contributed by atoms with E-state index in [0.29, 0.717) is 17.0 Å². The summed E-state index contributed by atoms with van der Waals surface area (Å²) in [6, 6.07) is 4.37. The van der Waals surface area contributed by atoms with E-state index in [1.54, 1.807) is 18.2 Å². The highest BCUT2D eigenvalue weighted by molar-refractivity contribution is 7.80. The van der Waals surface area contributed by atoms with Crippen LogP contribution in [-0.2, 0) is 0 Å². The number of primary amides is 1. The third-order valence-electron chi connectivity index (χ3n) is 1.76. The molecule has 0 aliphatic heterocycles. The maximum absolute atomic E-state index is 10.8. The second-order valence-corrected chi connectivity index (χ2v) is 3.18. The molecule has 6 heteroatoms. The normalized spacial score (nSPS) is 9.40. The molecule has 0 spiro atoms. The Morgan fingerprint density at radius 2 is 2.13 bits per heavy atom. The summed E-state index contributed by atoms with van der Waals surface area (Å²) in [5.41, 5.74) is 11.4. The number of nitrogens with two attached hydrogens (primary N) is 2. The number of urea groups is 1. The van der Waals surface area contributed by atoms with Gasteiger partial charge in [-0.05, 0) is 12.1 Å². The van der Waals surface area contributed by atoms with Gasteiger partial charge in [-0.15, -0.1) is 0 Å². The standard InChI is InChI=1S/C9H11N3O2S/c1-14-6-4-2-3-5(8(10)15)7(6)12-9(11)13/h2-4H,1H3,(H2,10,15)(H3,11,12,13). The number of carbonyl (C=O) groups excluding carboxylic acids is 1. The van der Waals surface area contributed by atoms with Gasteiger partial charge in [0.1, 0.15) is 10.7 Å². The topological polar surface area (TPSA) is 90.4 Å². The van der Waals surface area contributed by atoms with E-state index < -0.39 is 6.03 Å². The molecule has 0 aliphatic carbocycles. The second kappa shape index (κ2) is 4.61. The van der Waals surface area contributed by atoms with E-state index in [4.69, 9.17) is 28.4 Å². The van der Waals surface area contributed by atoms with Crippen LogP contribution in [-0.4, -0.2) is 18.1 Å². The van der Waals surface area contributed by atoms with Crippen LogP contribution in [0.25, 0.3) is 0 Å². The first kappa shape index (κ1) is 11.3. The van der Waals surface area contributed by atoms with Gasteiger partial charge in [0.25, 0.3) is 0 Å². The number of benzene rings is 1. The fourth-order valence-electron chi connectivity index (χ4n) is 1.16. The molecule has 0 bridgehead atoms. The minimum Gasteiger partial charge on any atom is -0.495 e. The lowest BCUT2D eigenvalue weighted by molar-refractivity contribution is 0.259. The molecule has 15 heavy (non-hydrogen) atoms. The highest BCUT2D eigenvalue weighted by Crippen LogP contribution is 2.27. The third kappa shape index (κ3) is 2.57. The largest absolute Gasteiger partial charge is 0.495 e. The quantitative estimate of drug-likeness (QED) is 0.664. The van der Waals surface area contributed by atoms with Crippen molar-refractivity contribution in [2.75, 3.05) is 12.4 Å². The van der Waals surface area contributed by atoms with E-state index in [1.807, 2.05) is 0 Å². The van der Waals surface area contributed by atoms with Crippen LogP contribution in [0.1, 0.15) is 5.56 Å². The average Bonchev–Trinajstić information content (AvgIpc) is 2.16. The van der Waals surface area contributed by atoms with Crippen molar-refractivity contribution in [3.8, 4) is 5.75 Å². The summed E-state index contributed by atoms with van der Waals surface area (Å²) in [5.74, 6) is 0.458. The SMILES string of the molecule is COc1cccc(C(N)=S)c1NC(N)=O. The Morgan fingerprint density at radius 3 is 2.60 bits per heavy atom. The highest BCUT2D eigenvalue weighted by Gasteiger charge is 2.12. The Bertz CT molecular complexity index is 406. The van der Waals surface area contributed by atoms with Crippen LogP contribution in [0.5, 0.6) is 5.75 Å². The van der Waals surface area contributed by atoms with Crippen molar-refractivity contribution in [1.29, 1.82) is 0 Å². The van der Waals surface area contributed by atoms with Gasteiger partial charge in [-0.2, -0.15) is 0 Å². The second-order valence-electron chi connectivity index (χ2n) is 2.74. The van der Waals surface area contributed by atoms with Crippen LogP contribution < -0.4 is 21.5 Å². The molecule has 0 saturated carbocycles. The molecule has 0 unspecified atom stereocenters. The molecule has 0 fully saturated rings. The lowest BCUT2D eigenvalue weighted by atomic mass is 10.1. The molecule has 1 rings (SSSR count). The molecule has 1 aromatic carbocycles. The van der Waals surface area contributed by atoms with Crippen molar-refractivity contribution in [3.63, 3.8) is 0 Å². The Labute approximate surface area is 92.4 Å². The van der Waals surface area contributed by atoms with Crippen LogP contribution >= 0.6 is 12.2 Å². The molecule has 0 aliphatic rings. The first-order chi connectivity index (χ1) is 7.06. The van der Waals surface area contributed by atoms with Gasteiger partial charge in [0.05, 0.1) is 12.8 Å². The molecular weight excluding hydrogens is 214 g/mol. The number of thiocarbonyl (C=S) groups is 1. The molecule has 5 N–H and O–H groups in total. The van der Waals surface area contributed by atoms with E-state index in [0.717, 1.165) is 0 Å². The molecule has 80 valence electrons. The maximum atomic E-state index is 10.8. The molecule has 0 atom stereocenters. The summed E-state index contributed by atoms with van der Waals surface area (Å²) in [5, 5.41) is 2.42. The lowest BCUT2D eigenvalue weighted by Crippen LogP contribution is -2.22. The molecule has 0 radical (unpaired) electrons. The number of nitrogens with one attached hydrogen (secondary N) is 1. The third-order valence-corrected chi connectivity index (χ3v) is 1.98. The van der Waals surface area contributed by atoms with Crippen molar-refractivity contribution in [3.05, 3.63) is 23.8 Å². The number of carbonyl (C=O) groups is 1. The van der Waals surface area contributed by atoms with Crippen LogP contribution in [0.2, 0.25) is 0 Å². The van der Waals surface area contributed by atoms with Gasteiger partial charge in [-0.25, -0.2) is 4.79 Å². The fourth-order valence-corrected chi connectivity index (χ4v) is 1.33. The smallest absolute Gasteiger partial charge is 0.316 e. The minimum absolute atomic E-state index is 0.164. The molecule has 0 heterocycles. The van der Waals surface area contributed by atoms with Crippen molar-refractivity contribution >= 4 is 28.9 Å². The van der Waals surface area contributed by atoms with Gasteiger partial charge < -0.3 is 21.5 Å². The first-order valence-corrected chi connectivity index (χ1v) is 4.50. The number of anilines is 1. The Morgan fingerprint density at radius 1 is 1.47 bits per heavy atom. The van der Waals surface area contributed by atoms with Crippen molar-refractivity contribution in [2.24, 2.45) is 11.5 Å². The fraction of sp³-hybridized carbons (Fsp3) is 0.111. The molecule has 0 aromatic heterocycles. The number of rotatable bonds is 3. The minimum atomic E-state index is -0.697. The molecule has 0 saturated heterocycles. The molecule has 2 amide bonds. The summed E-state index contributed by atoms with van der Waals surface area (Å²) >= 11 is 4.84. The van der Waals surface area contributed by atoms with Crippen LogP contribution in [0.15, 0.2) is 18.2 Å². The zero-order valence-electron chi connectivity index (χ0n) is 8.11. The van der Waals surface area contributed by atoms with Gasteiger partial charge in [0, 0.05) is 5.56 Å². The predicted octanol–water partition coefficient (Wildman–Crippen LogP) is 0.820. The number of para-hydroxylation sites is 1. The van der Waals surface area contributed by atoms with Gasteiger partial charge in [0.2, 0.25) is 0 Å². The van der Waals surface area contributed by atoms with Gasteiger partial charge in [-0.3, -0.25) is 0 Å². The van der Waals surface area contributed by atoms with Crippen molar-refractivity contribution < 1.29 is 9.53 Å². The number of ether oxygens (including phenoxy) is 1.